The quantitative estimate of drug-likeness (QED) is 0.135. The molecule has 5 heteroatoms. The van der Waals surface area contributed by atoms with Crippen LogP contribution in [0.15, 0.2) is 14.3 Å². The van der Waals surface area contributed by atoms with Gasteiger partial charge >= 0.3 is 287 Å². The van der Waals surface area contributed by atoms with Crippen molar-refractivity contribution in [1.82, 2.24) is 0 Å². The minimum atomic E-state index is -2.53. The minimum absolute atomic E-state index is 0.959. The zero-order valence-electron chi connectivity index (χ0n) is 31.0. The molecule has 3 heterocycles. The van der Waals surface area contributed by atoms with Gasteiger partial charge in [-0.1, -0.05) is 0 Å². The fraction of sp³-hybridized carbons (Fsp3) is 0.892. The first-order valence-electron chi connectivity index (χ1n) is 19.6. The molecule has 0 aromatic heterocycles. The molecule has 4 aliphatic rings. The van der Waals surface area contributed by atoms with Crippen LogP contribution in [0.1, 0.15) is 109 Å². The monoisotopic (exact) mass is 1010 g/mol. The molecule has 0 aromatic rings. The molecule has 3 aliphatic heterocycles. The van der Waals surface area contributed by atoms with Crippen molar-refractivity contribution in [2.75, 3.05) is 0 Å². The summed E-state index contributed by atoms with van der Waals surface area (Å²) in [5.74, 6) is 3.14. The molecule has 1 aliphatic carbocycles. The Balaban J connectivity index is 2.72. The van der Waals surface area contributed by atoms with Crippen molar-refractivity contribution in [1.29, 1.82) is 0 Å². The van der Waals surface area contributed by atoms with E-state index in [0.717, 1.165) is 24.5 Å². The Hall–Kier alpha value is 2.74. The number of fused-ring (bicyclic) bond motifs is 2. The summed E-state index contributed by atoms with van der Waals surface area (Å²) in [6, 6.07) is 0. The molecule has 0 amide bonds. The van der Waals surface area contributed by atoms with Gasteiger partial charge in [0.25, 0.3) is 0 Å². The first kappa shape index (κ1) is 39.2. The van der Waals surface area contributed by atoms with Gasteiger partial charge in [-0.15, -0.1) is 0 Å². The molecule has 0 spiro atoms. The molecule has 0 N–H and O–H groups in total. The molecule has 0 aromatic carbocycles. The number of hydrogen-bond acceptors (Lipinski definition) is 0. The Morgan fingerprint density at radius 1 is 0.452 bits per heavy atom. The Kier molecular flexibility index (Phi) is 15.8. The first-order valence-corrected chi connectivity index (χ1v) is 49.5. The van der Waals surface area contributed by atoms with Gasteiger partial charge in [0.15, 0.2) is 0 Å². The van der Waals surface area contributed by atoms with Crippen LogP contribution in [0.25, 0.3) is 0 Å². The normalized spacial score (nSPS) is 23.4. The fourth-order valence-corrected chi connectivity index (χ4v) is 142. The molecule has 4 bridgehead atoms. The van der Waals surface area contributed by atoms with E-state index in [4.69, 9.17) is 0 Å². The molecule has 3 saturated heterocycles. The molecule has 0 nitrogen and oxygen atoms in total. The standard InChI is InChI=1S/C13H15B.12C2H5.4Sn/c1-9-3-11-4-12-6-13(5-11)8-14(7-12)10(9)2;12*1-2;;;;/h11-13H,3-8H2;12*1H2,2H3;;;;. The second-order valence-corrected chi connectivity index (χ2v) is 83.0. The van der Waals surface area contributed by atoms with Gasteiger partial charge in [0.05, 0.1) is 0 Å². The predicted octanol–water partition coefficient (Wildman–Crippen LogP) is 13.3. The zero-order chi connectivity index (χ0) is 31.3. The molecule has 42 heavy (non-hydrogen) atoms. The molecular formula is C37H75BSn4. The van der Waals surface area contributed by atoms with Gasteiger partial charge in [-0.2, -0.15) is 0 Å². The van der Waals surface area contributed by atoms with Crippen molar-refractivity contribution in [3.8, 4) is 0 Å². The van der Waals surface area contributed by atoms with Crippen LogP contribution in [-0.2, 0) is 0 Å². The van der Waals surface area contributed by atoms with Gasteiger partial charge < -0.3 is 0 Å². The summed E-state index contributed by atoms with van der Waals surface area (Å²) in [7, 11) is 0. The molecule has 1 saturated carbocycles. The van der Waals surface area contributed by atoms with Crippen LogP contribution in [0.3, 0.4) is 0 Å². The summed E-state index contributed by atoms with van der Waals surface area (Å²) in [6.07, 6.45) is 9.55. The van der Waals surface area contributed by atoms with Crippen LogP contribution >= 0.6 is 0 Å². The average Bonchev–Trinajstić information content (AvgIpc) is 3.02. The van der Waals surface area contributed by atoms with Crippen molar-refractivity contribution in [2.45, 2.75) is 175 Å². The maximum absolute atomic E-state index is 2.71. The van der Waals surface area contributed by atoms with Crippen LogP contribution in [0.4, 0.5) is 0 Å². The number of hydrogen-bond donors (Lipinski definition) is 0. The van der Waals surface area contributed by atoms with Gasteiger partial charge in [0.1, 0.15) is 0 Å². The third kappa shape index (κ3) is 7.05. The topological polar surface area (TPSA) is 0 Å². The van der Waals surface area contributed by atoms with Crippen LogP contribution in [0.5, 0.6) is 0 Å². The number of rotatable bonds is 16. The molecule has 2 unspecified atom stereocenters. The van der Waals surface area contributed by atoms with E-state index in [2.05, 4.69) is 97.3 Å². The van der Waals surface area contributed by atoms with E-state index in [-0.39, 0.29) is 0 Å². The Bertz CT molecular complexity index is 844. The summed E-state index contributed by atoms with van der Waals surface area (Å²) >= 11 is -10.1. The molecule has 0 radical (unpaired) electrons. The summed E-state index contributed by atoms with van der Waals surface area (Å²) in [4.78, 5) is 0. The summed E-state index contributed by atoms with van der Waals surface area (Å²) in [5.41, 5.74) is 4.55. The van der Waals surface area contributed by atoms with Crippen LogP contribution < -0.4 is 0 Å². The second kappa shape index (κ2) is 16.9. The molecule has 242 valence electrons. The van der Waals surface area contributed by atoms with Crippen molar-refractivity contribution in [3.05, 3.63) is 14.3 Å². The summed E-state index contributed by atoms with van der Waals surface area (Å²) in [5, 5.41) is 0. The SMILES string of the molecule is C[CH2][Sn]([CH2]C)([CH2]C)[C](=C1CC2CC3CB(CC(C3)C2)C1=[C]([Sn]([CH2]C)([CH2]C)[CH2]C)[Sn]([CH2]C)([CH2]C)[CH2]C)[Sn]([CH2]C)([CH2]C)[CH2]C. The Labute approximate surface area is 283 Å². The van der Waals surface area contributed by atoms with Crippen LogP contribution in [-0.4, -0.2) is 80.2 Å². The number of allylic oxidation sites excluding steroid dienone is 2. The third-order valence-electron chi connectivity index (χ3n) is 15.3. The van der Waals surface area contributed by atoms with E-state index < -0.39 is 73.5 Å². The van der Waals surface area contributed by atoms with Crippen molar-refractivity contribution < 1.29 is 0 Å². The zero-order valence-corrected chi connectivity index (χ0v) is 42.5. The van der Waals surface area contributed by atoms with Crippen molar-refractivity contribution in [2.24, 2.45) is 17.8 Å². The van der Waals surface area contributed by atoms with E-state index in [9.17, 15) is 0 Å². The van der Waals surface area contributed by atoms with Crippen LogP contribution in [0.2, 0.25) is 65.9 Å². The second-order valence-electron chi connectivity index (χ2n) is 15.7. The summed E-state index contributed by atoms with van der Waals surface area (Å²) < 4.78 is 24.1. The van der Waals surface area contributed by atoms with E-state index in [1.165, 1.54) is 0 Å². The van der Waals surface area contributed by atoms with Crippen LogP contribution in [0, 0.1) is 17.8 Å². The van der Waals surface area contributed by atoms with Gasteiger partial charge in [0.2, 0.25) is 0 Å². The van der Waals surface area contributed by atoms with E-state index >= 15 is 0 Å². The molecular weight excluding hydrogens is 930 g/mol. The Morgan fingerprint density at radius 3 is 1.05 bits per heavy atom. The van der Waals surface area contributed by atoms with Crippen molar-refractivity contribution in [3.63, 3.8) is 0 Å². The molecule has 4 fully saturated rings. The molecule has 2 atom stereocenters. The predicted molar refractivity (Wildman–Crippen MR) is 207 cm³/mol. The van der Waals surface area contributed by atoms with Gasteiger partial charge in [-0.25, -0.2) is 0 Å². The first-order chi connectivity index (χ1) is 20.1. The van der Waals surface area contributed by atoms with Crippen molar-refractivity contribution >= 4 is 80.2 Å². The maximum atomic E-state index is 2.71. The Morgan fingerprint density at radius 2 is 0.738 bits per heavy atom. The van der Waals surface area contributed by atoms with Gasteiger partial charge in [0, 0.05) is 0 Å². The fourth-order valence-electron chi connectivity index (χ4n) is 12.1. The van der Waals surface area contributed by atoms with Gasteiger partial charge in [-0.05, 0) is 0 Å². The van der Waals surface area contributed by atoms with E-state index in [1.807, 2.05) is 0 Å². The average molecular weight is 1010 g/mol. The molecule has 4 rings (SSSR count). The van der Waals surface area contributed by atoms with E-state index in [0.29, 0.717) is 0 Å². The van der Waals surface area contributed by atoms with E-state index in [1.54, 1.807) is 91.6 Å². The third-order valence-corrected chi connectivity index (χ3v) is 118. The summed E-state index contributed by atoms with van der Waals surface area (Å²) in [6.45, 7) is 33.4. The van der Waals surface area contributed by atoms with Gasteiger partial charge in [-0.3, -0.25) is 0 Å².